The van der Waals surface area contributed by atoms with Crippen molar-refractivity contribution in [1.82, 2.24) is 49.8 Å². The number of para-hydroxylation sites is 2. The summed E-state index contributed by atoms with van der Waals surface area (Å²) in [6.07, 6.45) is -3.39. The second-order valence-electron chi connectivity index (χ2n) is 20.0. The molecule has 10 aromatic rings. The lowest BCUT2D eigenvalue weighted by Crippen LogP contribution is -2.06. The number of aryl methyl sites for hydroxylation is 4. The van der Waals surface area contributed by atoms with Crippen LogP contribution in [0.25, 0.3) is 55.2 Å². The zero-order chi connectivity index (χ0) is 54.3. The first-order valence-electron chi connectivity index (χ1n) is 25.2. The number of aromatic amines is 5. The molecule has 0 aliphatic carbocycles. The summed E-state index contributed by atoms with van der Waals surface area (Å²) in [7, 11) is 3.29. The highest BCUT2D eigenvalue weighted by Gasteiger charge is 2.34. The Morgan fingerprint density at radius 1 is 0.500 bits per heavy atom. The number of rotatable bonds is 8. The van der Waals surface area contributed by atoms with E-state index in [1.54, 1.807) is 27.2 Å². The summed E-state index contributed by atoms with van der Waals surface area (Å²) in [4.78, 5) is 38.4. The number of nitrogens with one attached hydrogen (secondary N) is 5. The average molecular weight is 1030 g/mol. The van der Waals surface area contributed by atoms with Crippen molar-refractivity contribution in [3.05, 3.63) is 135 Å². The smallest absolute Gasteiger partial charge is 0.418 e. The fourth-order valence-corrected chi connectivity index (χ4v) is 8.23. The van der Waals surface area contributed by atoms with E-state index < -0.39 is 11.7 Å². The minimum atomic E-state index is -4.37. The fraction of sp³-hybridized carbons (Fsp3) is 0.397. The van der Waals surface area contributed by atoms with Crippen LogP contribution in [-0.4, -0.2) is 64.1 Å². The molecule has 0 amide bonds. The summed E-state index contributed by atoms with van der Waals surface area (Å²) < 4.78 is 49.1. The normalized spacial score (nSPS) is 11.6. The molecule has 0 unspecified atom stereocenters. The Bertz CT molecular complexity index is 3350. The maximum atomic E-state index is 12.9. The third-order valence-corrected chi connectivity index (χ3v) is 12.7. The van der Waals surface area contributed by atoms with Crippen LogP contribution in [0.3, 0.4) is 0 Å². The van der Waals surface area contributed by atoms with Gasteiger partial charge in [0.1, 0.15) is 57.2 Å². The van der Waals surface area contributed by atoms with Crippen LogP contribution in [0.5, 0.6) is 11.5 Å². The molecule has 0 spiro atoms. The van der Waals surface area contributed by atoms with Gasteiger partial charge in [-0.1, -0.05) is 118 Å². The molecule has 5 aromatic carbocycles. The molecule has 0 aliphatic heterocycles. The molecule has 0 fully saturated rings. The van der Waals surface area contributed by atoms with Gasteiger partial charge in [0.2, 0.25) is 0 Å². The summed E-state index contributed by atoms with van der Waals surface area (Å²) in [5.41, 5.74) is 12.3. The van der Waals surface area contributed by atoms with Crippen molar-refractivity contribution in [3.8, 4) is 11.5 Å². The van der Waals surface area contributed by atoms with Gasteiger partial charge in [0.25, 0.3) is 0 Å². The van der Waals surface area contributed by atoms with Crippen LogP contribution >= 0.6 is 11.6 Å². The standard InChI is InChI=1S/C12H15ClN2.C12H13F3N2.C12H16N2O2.C12H16N2.C10H12N2/c1-4-8-5-6-9(13)11-10(8)14-12(15-11)7(2)3;1-6(2)11-16-9-5-7(3)4-8(10(9)17-11)12(13,14)15;1-7(2)12-13-10-8(15-3)5-6-9(16-4)11(10)14-12;1-7(2)12-13-10-8(3)5-6-9(4)11(10)14-12;1-7(2)10-11-8-5-3-4-6-9(8)12-10/h5-7H,4H2,1-3H3,(H,14,15);4-6H,1-3H3,(H,16,17);5-7H,1-4H3,(H,13,14);5-7H,1-4H3,(H,13,14);3-7H,1-2H3,(H,11,12). The third kappa shape index (κ3) is 13.1. The van der Waals surface area contributed by atoms with Crippen LogP contribution < -0.4 is 9.47 Å². The van der Waals surface area contributed by atoms with E-state index in [4.69, 9.17) is 21.1 Å². The highest BCUT2D eigenvalue weighted by Crippen LogP contribution is 2.36. The van der Waals surface area contributed by atoms with Gasteiger partial charge in [-0.05, 0) is 91.9 Å². The van der Waals surface area contributed by atoms with E-state index in [0.717, 1.165) is 90.9 Å². The van der Waals surface area contributed by atoms with Gasteiger partial charge < -0.3 is 34.4 Å². The highest BCUT2D eigenvalue weighted by atomic mass is 35.5. The molecule has 16 heteroatoms. The van der Waals surface area contributed by atoms with Crippen molar-refractivity contribution in [2.45, 2.75) is 139 Å². The van der Waals surface area contributed by atoms with Gasteiger partial charge in [0, 0.05) is 29.6 Å². The van der Waals surface area contributed by atoms with Crippen LogP contribution in [0, 0.1) is 20.8 Å². The molecule has 5 heterocycles. The number of benzene rings is 5. The number of ether oxygens (including phenoxy) is 2. The summed E-state index contributed by atoms with van der Waals surface area (Å²) in [5.74, 6) is 7.98. The maximum Gasteiger partial charge on any atom is 0.418 e. The molecule has 10 rings (SSSR count). The maximum absolute atomic E-state index is 12.9. The minimum absolute atomic E-state index is 0.00630. The summed E-state index contributed by atoms with van der Waals surface area (Å²) in [5, 5.41) is 0.751. The number of hydrogen-bond acceptors (Lipinski definition) is 7. The fourth-order valence-electron chi connectivity index (χ4n) is 8.03. The molecular formula is C58H72ClF3N10O2. The average Bonchev–Trinajstić information content (AvgIpc) is 4.21. The number of imidazole rings is 5. The summed E-state index contributed by atoms with van der Waals surface area (Å²) >= 11 is 6.13. The van der Waals surface area contributed by atoms with Gasteiger partial charge in [-0.25, -0.2) is 24.9 Å². The highest BCUT2D eigenvalue weighted by molar-refractivity contribution is 6.35. The van der Waals surface area contributed by atoms with Gasteiger partial charge >= 0.3 is 6.18 Å². The Labute approximate surface area is 437 Å². The molecule has 0 atom stereocenters. The van der Waals surface area contributed by atoms with Crippen molar-refractivity contribution in [3.63, 3.8) is 0 Å². The first-order valence-corrected chi connectivity index (χ1v) is 25.6. The van der Waals surface area contributed by atoms with E-state index >= 15 is 0 Å². The number of aromatic nitrogens is 10. The number of halogens is 4. The molecule has 5 aromatic heterocycles. The topological polar surface area (TPSA) is 162 Å². The van der Waals surface area contributed by atoms with Gasteiger partial charge in [0.15, 0.2) is 0 Å². The molecule has 74 heavy (non-hydrogen) atoms. The monoisotopic (exact) mass is 1030 g/mol. The molecule has 0 bridgehead atoms. The van der Waals surface area contributed by atoms with Crippen LogP contribution in [0.15, 0.2) is 72.8 Å². The molecule has 0 aliphatic rings. The van der Waals surface area contributed by atoms with E-state index in [1.165, 1.54) is 22.2 Å². The van der Waals surface area contributed by atoms with E-state index in [2.05, 4.69) is 144 Å². The molecule has 0 saturated heterocycles. The Hall–Kier alpha value is -6.87. The lowest BCUT2D eigenvalue weighted by molar-refractivity contribution is -0.136. The predicted octanol–water partition coefficient (Wildman–Crippen LogP) is 16.6. The van der Waals surface area contributed by atoms with E-state index in [-0.39, 0.29) is 11.4 Å². The van der Waals surface area contributed by atoms with Crippen molar-refractivity contribution < 1.29 is 22.6 Å². The van der Waals surface area contributed by atoms with Gasteiger partial charge in [-0.15, -0.1) is 0 Å². The Morgan fingerprint density at radius 2 is 0.986 bits per heavy atom. The lowest BCUT2D eigenvalue weighted by atomic mass is 10.1. The number of H-pyrrole nitrogens is 5. The number of fused-ring (bicyclic) bond motifs is 5. The number of hydrogen-bond donors (Lipinski definition) is 5. The van der Waals surface area contributed by atoms with Crippen molar-refractivity contribution >= 4 is 66.8 Å². The van der Waals surface area contributed by atoms with Crippen molar-refractivity contribution in [1.29, 1.82) is 0 Å². The minimum Gasteiger partial charge on any atom is -0.494 e. The van der Waals surface area contributed by atoms with Crippen LogP contribution in [-0.2, 0) is 12.6 Å². The first kappa shape index (κ1) is 56.4. The molecule has 12 nitrogen and oxygen atoms in total. The second kappa shape index (κ2) is 24.0. The van der Waals surface area contributed by atoms with Crippen LogP contribution in [0.2, 0.25) is 5.02 Å². The summed E-state index contributed by atoms with van der Waals surface area (Å²) in [6, 6.07) is 22.9. The molecule has 0 radical (unpaired) electrons. The predicted molar refractivity (Wildman–Crippen MR) is 298 cm³/mol. The van der Waals surface area contributed by atoms with E-state index in [1.807, 2.05) is 56.3 Å². The molecule has 5 N–H and O–H groups in total. The number of alkyl halides is 3. The zero-order valence-corrected chi connectivity index (χ0v) is 46.3. The SMILES string of the molecule is CC(C)c1nc2ccccc2[nH]1.CCc1ccc(Cl)c2[nH]c(C(C)C)nc12.COc1ccc(OC)c2[nH]c(C(C)C)nc12.Cc1cc(C(F)(F)F)c2nc(C(C)C)[nH]c2c1.Cc1ccc(C)c2[nH]c(C(C)C)nc12. The van der Waals surface area contributed by atoms with E-state index in [9.17, 15) is 13.2 Å². The summed E-state index contributed by atoms with van der Waals surface area (Å²) in [6.45, 7) is 28.8. The Balaban J connectivity index is 0.000000151. The Kier molecular flexibility index (Phi) is 18.3. The van der Waals surface area contributed by atoms with Gasteiger partial charge in [-0.3, -0.25) is 0 Å². The van der Waals surface area contributed by atoms with Crippen molar-refractivity contribution in [2.24, 2.45) is 0 Å². The van der Waals surface area contributed by atoms with E-state index in [0.29, 0.717) is 40.6 Å². The first-order chi connectivity index (χ1) is 34.9. The molecule has 394 valence electrons. The lowest BCUT2D eigenvalue weighted by Gasteiger charge is -2.07. The van der Waals surface area contributed by atoms with Crippen molar-refractivity contribution in [2.75, 3.05) is 14.2 Å². The quantitative estimate of drug-likeness (QED) is 0.101. The van der Waals surface area contributed by atoms with Crippen LogP contribution in [0.4, 0.5) is 13.2 Å². The van der Waals surface area contributed by atoms with Gasteiger partial charge in [0.05, 0.1) is 63.4 Å². The largest absolute Gasteiger partial charge is 0.494 e. The molecule has 0 saturated carbocycles. The second-order valence-corrected chi connectivity index (χ2v) is 20.4. The molecular weight excluding hydrogens is 961 g/mol. The Morgan fingerprint density at radius 3 is 1.54 bits per heavy atom. The van der Waals surface area contributed by atoms with Crippen LogP contribution in [0.1, 0.15) is 163 Å². The third-order valence-electron chi connectivity index (χ3n) is 12.4. The number of methoxy groups -OCH3 is 2. The number of nitrogens with zero attached hydrogens (tertiary/aromatic N) is 5. The van der Waals surface area contributed by atoms with Gasteiger partial charge in [-0.2, -0.15) is 13.2 Å². The zero-order valence-electron chi connectivity index (χ0n) is 45.6.